The van der Waals surface area contributed by atoms with E-state index in [9.17, 15) is 13.0 Å². The zero-order valence-electron chi connectivity index (χ0n) is 4.25. The van der Waals surface area contributed by atoms with E-state index in [1.54, 1.807) is 0 Å². The molecule has 4 nitrogen and oxygen atoms in total. The SMILES string of the molecule is [Mg+2].[NH-]CCS(=O)(=O)[O-]. The number of rotatable bonds is 2. The molecule has 0 aromatic heterocycles. The molecule has 8 heavy (non-hydrogen) atoms. The van der Waals surface area contributed by atoms with Crippen molar-refractivity contribution in [2.24, 2.45) is 0 Å². The maximum atomic E-state index is 9.56. The maximum Gasteiger partial charge on any atom is 2.00 e. The van der Waals surface area contributed by atoms with Crippen LogP contribution in [0.15, 0.2) is 0 Å². The van der Waals surface area contributed by atoms with Crippen LogP contribution in [0.5, 0.6) is 0 Å². The van der Waals surface area contributed by atoms with E-state index in [-0.39, 0.29) is 29.6 Å². The quantitative estimate of drug-likeness (QED) is 0.379. The second-order valence-corrected chi connectivity index (χ2v) is 2.54. The molecular formula is C2H5MgNO3S. The maximum absolute atomic E-state index is 9.56. The monoisotopic (exact) mass is 147 g/mol. The molecule has 0 aliphatic carbocycles. The largest absolute Gasteiger partial charge is 2.00 e. The summed E-state index contributed by atoms with van der Waals surface area (Å²) in [6.45, 7) is -0.341. The zero-order chi connectivity index (χ0) is 5.91. The van der Waals surface area contributed by atoms with Crippen molar-refractivity contribution in [2.45, 2.75) is 0 Å². The summed E-state index contributed by atoms with van der Waals surface area (Å²) in [5.74, 6) is -0.576. The molecule has 0 aliphatic heterocycles. The van der Waals surface area contributed by atoms with Gasteiger partial charge >= 0.3 is 23.1 Å². The Morgan fingerprint density at radius 1 is 1.50 bits per heavy atom. The number of hydrogen-bond acceptors (Lipinski definition) is 3. The molecule has 0 aromatic rings. The molecule has 6 heteroatoms. The minimum absolute atomic E-state index is 0. The van der Waals surface area contributed by atoms with Crippen molar-refractivity contribution in [1.82, 2.24) is 0 Å². The molecule has 0 saturated heterocycles. The Bertz CT molecular complexity index is 130. The van der Waals surface area contributed by atoms with Gasteiger partial charge in [-0.25, -0.2) is 8.42 Å². The van der Waals surface area contributed by atoms with Gasteiger partial charge in [0.2, 0.25) is 0 Å². The van der Waals surface area contributed by atoms with E-state index in [0.717, 1.165) is 0 Å². The number of hydrogen-bond donors (Lipinski definition) is 0. The molecule has 0 heterocycles. The molecule has 0 aromatic carbocycles. The van der Waals surface area contributed by atoms with Crippen molar-refractivity contribution in [3.8, 4) is 0 Å². The van der Waals surface area contributed by atoms with Crippen LogP contribution >= 0.6 is 0 Å². The van der Waals surface area contributed by atoms with Gasteiger partial charge < -0.3 is 10.3 Å². The number of nitrogens with one attached hydrogen (secondary N) is 1. The summed E-state index contributed by atoms with van der Waals surface area (Å²) in [6, 6.07) is 0. The predicted octanol–water partition coefficient (Wildman–Crippen LogP) is -0.797. The Morgan fingerprint density at radius 3 is 1.88 bits per heavy atom. The van der Waals surface area contributed by atoms with Crippen LogP contribution in [-0.2, 0) is 10.1 Å². The molecule has 0 saturated carbocycles. The van der Waals surface area contributed by atoms with Gasteiger partial charge in [-0.05, 0) is 0 Å². The molecule has 0 unspecified atom stereocenters. The summed E-state index contributed by atoms with van der Waals surface area (Å²) in [5, 5.41) is 0. The normalized spacial score (nSPS) is 10.2. The van der Waals surface area contributed by atoms with Crippen LogP contribution in [0.3, 0.4) is 0 Å². The smallest absolute Gasteiger partial charge is 0.748 e. The van der Waals surface area contributed by atoms with Gasteiger partial charge in [0.05, 0.1) is 10.1 Å². The van der Waals surface area contributed by atoms with Gasteiger partial charge in [-0.2, -0.15) is 0 Å². The second-order valence-electron chi connectivity index (χ2n) is 1.01. The Morgan fingerprint density at radius 2 is 1.88 bits per heavy atom. The van der Waals surface area contributed by atoms with Crippen molar-refractivity contribution in [3.63, 3.8) is 0 Å². The van der Waals surface area contributed by atoms with Gasteiger partial charge in [0.25, 0.3) is 0 Å². The second kappa shape index (κ2) is 4.51. The molecular weight excluding hydrogens is 142 g/mol. The summed E-state index contributed by atoms with van der Waals surface area (Å²) < 4.78 is 28.7. The summed E-state index contributed by atoms with van der Waals surface area (Å²) in [5.41, 5.74) is 6.28. The topological polar surface area (TPSA) is 81.0 Å². The third-order valence-corrected chi connectivity index (χ3v) is 1.06. The van der Waals surface area contributed by atoms with E-state index >= 15 is 0 Å². The van der Waals surface area contributed by atoms with Crippen LogP contribution in [0.4, 0.5) is 0 Å². The van der Waals surface area contributed by atoms with Crippen LogP contribution in [0.2, 0.25) is 0 Å². The van der Waals surface area contributed by atoms with E-state index < -0.39 is 15.9 Å². The summed E-state index contributed by atoms with van der Waals surface area (Å²) >= 11 is 0. The minimum Gasteiger partial charge on any atom is -0.748 e. The summed E-state index contributed by atoms with van der Waals surface area (Å²) in [4.78, 5) is 0. The first-order valence-electron chi connectivity index (χ1n) is 1.64. The van der Waals surface area contributed by atoms with E-state index in [1.807, 2.05) is 0 Å². The van der Waals surface area contributed by atoms with Crippen LogP contribution < -0.4 is 0 Å². The fraction of sp³-hybridized carbons (Fsp3) is 1.00. The predicted molar refractivity (Wildman–Crippen MR) is 29.5 cm³/mol. The molecule has 0 rings (SSSR count). The fourth-order valence-corrected chi connectivity index (χ4v) is 0.375. The van der Waals surface area contributed by atoms with Crippen LogP contribution in [-0.4, -0.2) is 48.3 Å². The average Bonchev–Trinajstić information content (AvgIpc) is 1.30. The van der Waals surface area contributed by atoms with Crippen molar-refractivity contribution < 1.29 is 13.0 Å². The Hall–Kier alpha value is 0.636. The minimum atomic E-state index is -4.11. The van der Waals surface area contributed by atoms with Crippen LogP contribution in [0.25, 0.3) is 5.73 Å². The standard InChI is InChI=1S/C2H6NO3S.Mg/c3-1-2-7(4,5)6;/h3H,1-2H2,(H,4,5,6);/q-1;+2/p-1. The van der Waals surface area contributed by atoms with Gasteiger partial charge in [0, 0.05) is 5.75 Å². The first kappa shape index (κ1) is 11.4. The fourth-order valence-electron chi connectivity index (χ4n) is 0.125. The summed E-state index contributed by atoms with van der Waals surface area (Å²) in [6.07, 6.45) is 0. The van der Waals surface area contributed by atoms with E-state index in [1.165, 1.54) is 0 Å². The van der Waals surface area contributed by atoms with Crippen LogP contribution in [0.1, 0.15) is 0 Å². The Labute approximate surface area is 64.3 Å². The van der Waals surface area contributed by atoms with Crippen LogP contribution in [0, 0.1) is 0 Å². The van der Waals surface area contributed by atoms with Gasteiger partial charge in [-0.1, -0.05) is 0 Å². The zero-order valence-corrected chi connectivity index (χ0v) is 6.49. The molecule has 0 aliphatic rings. The van der Waals surface area contributed by atoms with Gasteiger partial charge in [-0.3, -0.25) is 0 Å². The van der Waals surface area contributed by atoms with E-state index in [2.05, 4.69) is 0 Å². The Balaban J connectivity index is 0. The first-order chi connectivity index (χ1) is 3.06. The third kappa shape index (κ3) is 9.81. The molecule has 0 amide bonds. The first-order valence-corrected chi connectivity index (χ1v) is 3.22. The molecule has 0 fully saturated rings. The van der Waals surface area contributed by atoms with Gasteiger partial charge in [0.1, 0.15) is 0 Å². The van der Waals surface area contributed by atoms with Gasteiger partial charge in [-0.15, -0.1) is 6.54 Å². The third-order valence-electron chi connectivity index (χ3n) is 0.352. The van der Waals surface area contributed by atoms with Crippen molar-refractivity contribution in [2.75, 3.05) is 12.3 Å². The Kier molecular flexibility index (Phi) is 6.45. The molecule has 1 N–H and O–H groups in total. The van der Waals surface area contributed by atoms with Gasteiger partial charge in [0.15, 0.2) is 0 Å². The molecule has 44 valence electrons. The van der Waals surface area contributed by atoms with Crippen molar-refractivity contribution in [3.05, 3.63) is 5.73 Å². The molecule has 0 bridgehead atoms. The molecule has 0 spiro atoms. The van der Waals surface area contributed by atoms with E-state index in [0.29, 0.717) is 0 Å². The molecule has 0 atom stereocenters. The molecule has 0 radical (unpaired) electrons. The van der Waals surface area contributed by atoms with Crippen molar-refractivity contribution >= 4 is 33.2 Å². The van der Waals surface area contributed by atoms with E-state index in [4.69, 9.17) is 5.73 Å². The average molecular weight is 147 g/mol. The van der Waals surface area contributed by atoms with Crippen molar-refractivity contribution in [1.29, 1.82) is 0 Å². The summed E-state index contributed by atoms with van der Waals surface area (Å²) in [7, 11) is -4.11.